The lowest BCUT2D eigenvalue weighted by Crippen LogP contribution is -2.39. The van der Waals surface area contributed by atoms with Crippen molar-refractivity contribution in [2.45, 2.75) is 19.4 Å². The number of hydrogen-bond donors (Lipinski definition) is 2. The Kier molecular flexibility index (Phi) is 4.19. The van der Waals surface area contributed by atoms with Crippen LogP contribution >= 0.6 is 11.3 Å². The van der Waals surface area contributed by atoms with Gasteiger partial charge in [0.2, 0.25) is 10.1 Å². The molecule has 0 unspecified atom stereocenters. The van der Waals surface area contributed by atoms with Gasteiger partial charge in [-0.15, -0.1) is 10.2 Å². The highest BCUT2D eigenvalue weighted by Crippen LogP contribution is 2.14. The van der Waals surface area contributed by atoms with Crippen LogP contribution in [0.5, 0.6) is 0 Å². The third-order valence-electron chi connectivity index (χ3n) is 2.06. The minimum atomic E-state index is -0.383. The summed E-state index contributed by atoms with van der Waals surface area (Å²) in [4.78, 5) is 11.7. The van der Waals surface area contributed by atoms with Gasteiger partial charge in [0.15, 0.2) is 0 Å². The van der Waals surface area contributed by atoms with Crippen LogP contribution in [0.3, 0.4) is 0 Å². The lowest BCUT2D eigenvalue weighted by atomic mass is 10.1. The molecule has 0 fully saturated rings. The van der Waals surface area contributed by atoms with Crippen LogP contribution in [0.25, 0.3) is 0 Å². The molecule has 2 N–H and O–H groups in total. The van der Waals surface area contributed by atoms with Crippen LogP contribution in [0.2, 0.25) is 0 Å². The first-order chi connectivity index (χ1) is 7.48. The summed E-state index contributed by atoms with van der Waals surface area (Å²) in [6.07, 6.45) is 0. The summed E-state index contributed by atoms with van der Waals surface area (Å²) in [5.41, 5.74) is -0.383. The van der Waals surface area contributed by atoms with E-state index >= 15 is 0 Å². The standard InChI is InChI=1S/C9H16N4O2S/c1-9(2,15-4)5-11-6(14)7-12-13-8(10-3)16-7/h5H2,1-4H3,(H,10,13)(H,11,14). The second-order valence-corrected chi connectivity index (χ2v) is 4.79. The van der Waals surface area contributed by atoms with Gasteiger partial charge >= 0.3 is 0 Å². The van der Waals surface area contributed by atoms with Gasteiger partial charge in [-0.3, -0.25) is 4.79 Å². The van der Waals surface area contributed by atoms with Crippen molar-refractivity contribution in [1.29, 1.82) is 0 Å². The first-order valence-corrected chi connectivity index (χ1v) is 5.65. The van der Waals surface area contributed by atoms with E-state index in [1.54, 1.807) is 14.2 Å². The number of amides is 1. The van der Waals surface area contributed by atoms with Gasteiger partial charge in [0.1, 0.15) is 0 Å². The molecule has 16 heavy (non-hydrogen) atoms. The van der Waals surface area contributed by atoms with E-state index in [9.17, 15) is 4.79 Å². The molecule has 1 rings (SSSR count). The number of carbonyl (C=O) groups is 1. The van der Waals surface area contributed by atoms with Crippen molar-refractivity contribution in [2.75, 3.05) is 26.0 Å². The van der Waals surface area contributed by atoms with E-state index in [0.717, 1.165) is 0 Å². The summed E-state index contributed by atoms with van der Waals surface area (Å²) in [5, 5.41) is 14.1. The molecule has 1 aromatic heterocycles. The number of carbonyl (C=O) groups excluding carboxylic acids is 1. The Labute approximate surface area is 98.4 Å². The Morgan fingerprint density at radius 2 is 2.19 bits per heavy atom. The Morgan fingerprint density at radius 3 is 2.69 bits per heavy atom. The van der Waals surface area contributed by atoms with Crippen LogP contribution in [0.15, 0.2) is 0 Å². The average molecular weight is 244 g/mol. The van der Waals surface area contributed by atoms with Crippen molar-refractivity contribution < 1.29 is 9.53 Å². The fourth-order valence-corrected chi connectivity index (χ4v) is 1.47. The van der Waals surface area contributed by atoms with E-state index in [2.05, 4.69) is 20.8 Å². The van der Waals surface area contributed by atoms with Gasteiger partial charge in [0.25, 0.3) is 5.91 Å². The monoisotopic (exact) mass is 244 g/mol. The summed E-state index contributed by atoms with van der Waals surface area (Å²) in [5.74, 6) is -0.232. The third kappa shape index (κ3) is 3.42. The molecule has 0 radical (unpaired) electrons. The lowest BCUT2D eigenvalue weighted by Gasteiger charge is -2.22. The van der Waals surface area contributed by atoms with E-state index in [1.807, 2.05) is 13.8 Å². The molecule has 1 heterocycles. The van der Waals surface area contributed by atoms with Crippen molar-refractivity contribution in [3.05, 3.63) is 5.01 Å². The van der Waals surface area contributed by atoms with Crippen molar-refractivity contribution in [3.8, 4) is 0 Å². The van der Waals surface area contributed by atoms with Gasteiger partial charge in [-0.1, -0.05) is 11.3 Å². The average Bonchev–Trinajstić information content (AvgIpc) is 2.74. The highest BCUT2D eigenvalue weighted by atomic mass is 32.1. The minimum absolute atomic E-state index is 0.232. The molecule has 0 saturated heterocycles. The Hall–Kier alpha value is -1.21. The van der Waals surface area contributed by atoms with Crippen molar-refractivity contribution in [2.24, 2.45) is 0 Å². The van der Waals surface area contributed by atoms with Crippen LogP contribution < -0.4 is 10.6 Å². The number of aromatic nitrogens is 2. The van der Waals surface area contributed by atoms with E-state index in [0.29, 0.717) is 16.7 Å². The predicted molar refractivity (Wildman–Crippen MR) is 62.9 cm³/mol. The maximum Gasteiger partial charge on any atom is 0.282 e. The number of ether oxygens (including phenoxy) is 1. The zero-order valence-corrected chi connectivity index (χ0v) is 10.6. The summed E-state index contributed by atoms with van der Waals surface area (Å²) < 4.78 is 5.19. The van der Waals surface area contributed by atoms with Gasteiger partial charge in [-0.05, 0) is 13.8 Å². The van der Waals surface area contributed by atoms with Gasteiger partial charge in [0, 0.05) is 20.7 Å². The molecule has 1 aromatic rings. The number of nitrogens with zero attached hydrogens (tertiary/aromatic N) is 2. The van der Waals surface area contributed by atoms with Crippen molar-refractivity contribution in [1.82, 2.24) is 15.5 Å². The smallest absolute Gasteiger partial charge is 0.282 e. The molecule has 0 aliphatic rings. The molecular weight excluding hydrogens is 228 g/mol. The fourth-order valence-electron chi connectivity index (χ4n) is 0.857. The van der Waals surface area contributed by atoms with E-state index in [4.69, 9.17) is 4.74 Å². The Balaban J connectivity index is 2.53. The highest BCUT2D eigenvalue weighted by molar-refractivity contribution is 7.17. The fraction of sp³-hybridized carbons (Fsp3) is 0.667. The quantitative estimate of drug-likeness (QED) is 0.798. The first-order valence-electron chi connectivity index (χ1n) is 4.83. The Morgan fingerprint density at radius 1 is 1.50 bits per heavy atom. The maximum atomic E-state index is 11.7. The van der Waals surface area contributed by atoms with Crippen LogP contribution in [0.4, 0.5) is 5.13 Å². The van der Waals surface area contributed by atoms with Crippen LogP contribution in [0.1, 0.15) is 23.6 Å². The highest BCUT2D eigenvalue weighted by Gasteiger charge is 2.19. The molecule has 90 valence electrons. The number of nitrogens with one attached hydrogen (secondary N) is 2. The molecule has 0 aliphatic heterocycles. The molecular formula is C9H16N4O2S. The normalized spacial score (nSPS) is 11.2. The molecule has 0 spiro atoms. The molecule has 0 atom stereocenters. The van der Waals surface area contributed by atoms with Gasteiger partial charge in [-0.25, -0.2) is 0 Å². The zero-order chi connectivity index (χ0) is 12.2. The largest absolute Gasteiger partial charge is 0.377 e. The third-order valence-corrected chi connectivity index (χ3v) is 3.00. The minimum Gasteiger partial charge on any atom is -0.377 e. The molecule has 0 bridgehead atoms. The summed E-state index contributed by atoms with van der Waals surface area (Å²) >= 11 is 1.21. The molecule has 0 saturated carbocycles. The zero-order valence-electron chi connectivity index (χ0n) is 9.83. The SMILES string of the molecule is CNc1nnc(C(=O)NCC(C)(C)OC)s1. The molecule has 1 amide bonds. The van der Waals surface area contributed by atoms with Gasteiger partial charge < -0.3 is 15.4 Å². The first kappa shape index (κ1) is 12.9. The van der Waals surface area contributed by atoms with Gasteiger partial charge in [-0.2, -0.15) is 0 Å². The number of rotatable bonds is 5. The van der Waals surface area contributed by atoms with Crippen molar-refractivity contribution >= 4 is 22.4 Å². The predicted octanol–water partition coefficient (Wildman–Crippen LogP) is 0.735. The van der Waals surface area contributed by atoms with E-state index in [-0.39, 0.29) is 11.5 Å². The van der Waals surface area contributed by atoms with Gasteiger partial charge in [0.05, 0.1) is 5.60 Å². The molecule has 7 heteroatoms. The second kappa shape index (κ2) is 5.22. The van der Waals surface area contributed by atoms with E-state index in [1.165, 1.54) is 11.3 Å². The molecule has 0 aromatic carbocycles. The maximum absolute atomic E-state index is 11.7. The number of methoxy groups -OCH3 is 1. The number of hydrogen-bond acceptors (Lipinski definition) is 6. The van der Waals surface area contributed by atoms with Crippen LogP contribution in [-0.2, 0) is 4.74 Å². The topological polar surface area (TPSA) is 76.1 Å². The number of anilines is 1. The van der Waals surface area contributed by atoms with Crippen LogP contribution in [0, 0.1) is 0 Å². The van der Waals surface area contributed by atoms with Crippen molar-refractivity contribution in [3.63, 3.8) is 0 Å². The van der Waals surface area contributed by atoms with Crippen LogP contribution in [-0.4, -0.2) is 42.4 Å². The Bertz CT molecular complexity index is 364. The summed E-state index contributed by atoms with van der Waals surface area (Å²) in [7, 11) is 3.34. The second-order valence-electron chi connectivity index (χ2n) is 3.81. The summed E-state index contributed by atoms with van der Waals surface area (Å²) in [6.45, 7) is 4.22. The lowest BCUT2D eigenvalue weighted by molar-refractivity contribution is 0.0228. The molecule has 0 aliphatic carbocycles. The van der Waals surface area contributed by atoms with E-state index < -0.39 is 0 Å². The molecule has 6 nitrogen and oxygen atoms in total. The summed E-state index contributed by atoms with van der Waals surface area (Å²) in [6, 6.07) is 0.